The summed E-state index contributed by atoms with van der Waals surface area (Å²) < 4.78 is 38.8. The Bertz CT molecular complexity index is 585. The number of benzene rings is 1. The molecule has 21 heavy (non-hydrogen) atoms. The van der Waals surface area contributed by atoms with Gasteiger partial charge in [-0.05, 0) is 30.0 Å². The van der Waals surface area contributed by atoms with Crippen LogP contribution in [0.4, 0.5) is 13.2 Å². The van der Waals surface area contributed by atoms with Crippen LogP contribution in [0.3, 0.4) is 0 Å². The largest absolute Gasteiger partial charge is 0.419 e. The van der Waals surface area contributed by atoms with Crippen LogP contribution < -0.4 is 5.73 Å². The summed E-state index contributed by atoms with van der Waals surface area (Å²) in [4.78, 5) is 0. The van der Waals surface area contributed by atoms with Crippen LogP contribution in [0.5, 0.6) is 0 Å². The first-order valence-corrected chi connectivity index (χ1v) is 6.75. The third kappa shape index (κ3) is 3.85. The second-order valence-corrected chi connectivity index (χ2v) is 5.50. The van der Waals surface area contributed by atoms with Gasteiger partial charge in [-0.1, -0.05) is 26.0 Å². The summed E-state index contributed by atoms with van der Waals surface area (Å²) in [5.41, 5.74) is 6.86. The van der Waals surface area contributed by atoms with Crippen molar-refractivity contribution in [1.29, 1.82) is 0 Å². The lowest BCUT2D eigenvalue weighted by Gasteiger charge is -2.14. The van der Waals surface area contributed by atoms with E-state index in [0.29, 0.717) is 11.6 Å². The Balaban J connectivity index is 2.17. The maximum atomic E-state index is 12.5. The Morgan fingerprint density at radius 2 is 1.81 bits per heavy atom. The molecule has 114 valence electrons. The first-order chi connectivity index (χ1) is 9.77. The molecule has 0 spiro atoms. The third-order valence-electron chi connectivity index (χ3n) is 3.22. The molecule has 0 unspecified atom stereocenters. The Morgan fingerprint density at radius 3 is 2.29 bits per heavy atom. The molecule has 0 bridgehead atoms. The summed E-state index contributed by atoms with van der Waals surface area (Å²) in [6, 6.07) is 7.04. The molecule has 0 aliphatic rings. The zero-order valence-electron chi connectivity index (χ0n) is 11.9. The van der Waals surface area contributed by atoms with Crippen LogP contribution in [-0.4, -0.2) is 9.78 Å². The fourth-order valence-electron chi connectivity index (χ4n) is 2.13. The molecule has 0 aliphatic heterocycles. The second kappa shape index (κ2) is 5.89. The maximum absolute atomic E-state index is 12.5. The minimum atomic E-state index is -4.38. The zero-order chi connectivity index (χ0) is 15.6. The van der Waals surface area contributed by atoms with Gasteiger partial charge in [0, 0.05) is 12.2 Å². The van der Waals surface area contributed by atoms with Gasteiger partial charge in [0.2, 0.25) is 0 Å². The minimum Gasteiger partial charge on any atom is -0.324 e. The van der Waals surface area contributed by atoms with E-state index in [1.54, 1.807) is 12.1 Å². The van der Waals surface area contributed by atoms with Crippen LogP contribution >= 0.6 is 0 Å². The van der Waals surface area contributed by atoms with Gasteiger partial charge >= 0.3 is 6.18 Å². The fourth-order valence-corrected chi connectivity index (χ4v) is 2.13. The average Bonchev–Trinajstić information content (AvgIpc) is 2.87. The van der Waals surface area contributed by atoms with Crippen LogP contribution in [0.2, 0.25) is 0 Å². The van der Waals surface area contributed by atoms with Crippen molar-refractivity contribution in [1.82, 2.24) is 9.78 Å². The van der Waals surface area contributed by atoms with Crippen molar-refractivity contribution in [3.05, 3.63) is 47.8 Å². The number of nitrogens with zero attached hydrogens (tertiary/aromatic N) is 2. The molecule has 2 aromatic rings. The molecular weight excluding hydrogens is 279 g/mol. The van der Waals surface area contributed by atoms with Crippen LogP contribution in [0.1, 0.15) is 37.4 Å². The van der Waals surface area contributed by atoms with Crippen molar-refractivity contribution in [2.75, 3.05) is 0 Å². The number of halogens is 3. The van der Waals surface area contributed by atoms with Crippen molar-refractivity contribution in [3.63, 3.8) is 0 Å². The number of nitrogens with two attached hydrogens (primary N) is 1. The number of hydrogen-bond acceptors (Lipinski definition) is 2. The van der Waals surface area contributed by atoms with Gasteiger partial charge in [-0.15, -0.1) is 0 Å². The van der Waals surface area contributed by atoms with Gasteiger partial charge in [-0.2, -0.15) is 18.3 Å². The van der Waals surface area contributed by atoms with E-state index in [-0.39, 0.29) is 6.04 Å². The molecule has 2 rings (SSSR count). The Hall–Kier alpha value is -1.82. The molecule has 0 aliphatic carbocycles. The SMILES string of the molecule is CC(C)C[C@@H](N)c1ccc(-n2cc(C(F)(F)F)cn2)cc1. The van der Waals surface area contributed by atoms with E-state index in [2.05, 4.69) is 18.9 Å². The van der Waals surface area contributed by atoms with Crippen molar-refractivity contribution in [2.24, 2.45) is 11.7 Å². The molecule has 1 atom stereocenters. The lowest BCUT2D eigenvalue weighted by atomic mass is 9.98. The van der Waals surface area contributed by atoms with Crippen molar-refractivity contribution in [2.45, 2.75) is 32.5 Å². The molecule has 0 saturated carbocycles. The number of alkyl halides is 3. The van der Waals surface area contributed by atoms with Crippen LogP contribution in [0.15, 0.2) is 36.7 Å². The predicted octanol–water partition coefficient (Wildman–Crippen LogP) is 3.94. The summed E-state index contributed by atoms with van der Waals surface area (Å²) >= 11 is 0. The highest BCUT2D eigenvalue weighted by Crippen LogP contribution is 2.29. The van der Waals surface area contributed by atoms with E-state index in [1.165, 1.54) is 4.68 Å². The van der Waals surface area contributed by atoms with Gasteiger partial charge in [-0.25, -0.2) is 4.68 Å². The van der Waals surface area contributed by atoms with E-state index < -0.39 is 11.7 Å². The number of aromatic nitrogens is 2. The standard InChI is InChI=1S/C15H18F3N3/c1-10(2)7-14(19)11-3-5-13(6-4-11)21-9-12(8-20-21)15(16,17)18/h3-6,8-10,14H,7,19H2,1-2H3/t14-/m1/s1. The normalized spacial score (nSPS) is 13.7. The zero-order valence-corrected chi connectivity index (χ0v) is 11.9. The minimum absolute atomic E-state index is 0.0672. The van der Waals surface area contributed by atoms with E-state index in [1.807, 2.05) is 12.1 Å². The highest BCUT2D eigenvalue weighted by atomic mass is 19.4. The first-order valence-electron chi connectivity index (χ1n) is 6.75. The monoisotopic (exact) mass is 297 g/mol. The summed E-state index contributed by atoms with van der Waals surface area (Å²) in [5, 5.41) is 3.74. The van der Waals surface area contributed by atoms with Gasteiger partial charge in [0.1, 0.15) is 0 Å². The molecule has 1 aromatic carbocycles. The lowest BCUT2D eigenvalue weighted by molar-refractivity contribution is -0.137. The van der Waals surface area contributed by atoms with Gasteiger partial charge in [-0.3, -0.25) is 0 Å². The van der Waals surface area contributed by atoms with Crippen molar-refractivity contribution < 1.29 is 13.2 Å². The van der Waals surface area contributed by atoms with E-state index in [4.69, 9.17) is 5.73 Å². The Morgan fingerprint density at radius 1 is 1.19 bits per heavy atom. The summed E-state index contributed by atoms with van der Waals surface area (Å²) in [6.45, 7) is 4.19. The van der Waals surface area contributed by atoms with Crippen LogP contribution in [0.25, 0.3) is 5.69 Å². The van der Waals surface area contributed by atoms with Gasteiger partial charge < -0.3 is 5.73 Å². The number of rotatable bonds is 4. The number of hydrogen-bond donors (Lipinski definition) is 1. The molecule has 6 heteroatoms. The maximum Gasteiger partial charge on any atom is 0.419 e. The lowest BCUT2D eigenvalue weighted by Crippen LogP contribution is -2.12. The first kappa shape index (κ1) is 15.6. The van der Waals surface area contributed by atoms with Gasteiger partial charge in [0.05, 0.1) is 17.4 Å². The molecule has 3 nitrogen and oxygen atoms in total. The fraction of sp³-hybridized carbons (Fsp3) is 0.400. The molecule has 0 radical (unpaired) electrons. The Kier molecular flexibility index (Phi) is 4.37. The van der Waals surface area contributed by atoms with E-state index >= 15 is 0 Å². The molecule has 0 fully saturated rings. The summed E-state index contributed by atoms with van der Waals surface area (Å²) in [5.74, 6) is 0.486. The van der Waals surface area contributed by atoms with Gasteiger partial charge in [0.15, 0.2) is 0 Å². The molecular formula is C15H18F3N3. The average molecular weight is 297 g/mol. The predicted molar refractivity (Wildman–Crippen MR) is 74.9 cm³/mol. The molecule has 0 saturated heterocycles. The summed E-state index contributed by atoms with van der Waals surface area (Å²) in [7, 11) is 0. The molecule has 0 amide bonds. The van der Waals surface area contributed by atoms with Crippen molar-refractivity contribution in [3.8, 4) is 5.69 Å². The van der Waals surface area contributed by atoms with Crippen molar-refractivity contribution >= 4 is 0 Å². The highest BCUT2D eigenvalue weighted by Gasteiger charge is 2.32. The molecule has 1 aromatic heterocycles. The summed E-state index contributed by atoms with van der Waals surface area (Å²) in [6.07, 6.45) is -1.72. The Labute approximate surface area is 121 Å². The topological polar surface area (TPSA) is 43.8 Å². The van der Waals surface area contributed by atoms with Crippen LogP contribution in [0, 0.1) is 5.92 Å². The third-order valence-corrected chi connectivity index (χ3v) is 3.22. The second-order valence-electron chi connectivity index (χ2n) is 5.50. The highest BCUT2D eigenvalue weighted by molar-refractivity contribution is 5.35. The molecule has 1 heterocycles. The molecule has 2 N–H and O–H groups in total. The van der Waals surface area contributed by atoms with Gasteiger partial charge in [0.25, 0.3) is 0 Å². The van der Waals surface area contributed by atoms with Crippen LogP contribution in [-0.2, 0) is 6.18 Å². The smallest absolute Gasteiger partial charge is 0.324 e. The quantitative estimate of drug-likeness (QED) is 0.929. The van der Waals surface area contributed by atoms with E-state index in [9.17, 15) is 13.2 Å². The van der Waals surface area contributed by atoms with E-state index in [0.717, 1.165) is 24.4 Å².